The van der Waals surface area contributed by atoms with Crippen molar-refractivity contribution in [1.29, 1.82) is 0 Å². The summed E-state index contributed by atoms with van der Waals surface area (Å²) in [5.74, 6) is -1.18. The second kappa shape index (κ2) is 7.51. The Morgan fingerprint density at radius 1 is 1.36 bits per heavy atom. The van der Waals surface area contributed by atoms with Gasteiger partial charge in [-0.05, 0) is 53.0 Å². The number of hydrogen-bond acceptors (Lipinski definition) is 5. The molecule has 0 amide bonds. The lowest BCUT2D eigenvalue weighted by Gasteiger charge is -2.12. The molecule has 0 fully saturated rings. The van der Waals surface area contributed by atoms with Gasteiger partial charge in [0.2, 0.25) is 10.0 Å². The first-order chi connectivity index (χ1) is 11.6. The molecular formula is C16H24N4O4S. The Bertz CT molecular complexity index is 872. The molecule has 0 aliphatic rings. The van der Waals surface area contributed by atoms with Crippen LogP contribution >= 0.6 is 0 Å². The molecule has 0 aliphatic carbocycles. The van der Waals surface area contributed by atoms with Crippen LogP contribution in [0.3, 0.4) is 0 Å². The number of sulfonamides is 1. The summed E-state index contributed by atoms with van der Waals surface area (Å²) < 4.78 is 29.2. The Labute approximate surface area is 147 Å². The van der Waals surface area contributed by atoms with E-state index in [9.17, 15) is 18.3 Å². The molecule has 9 heteroatoms. The lowest BCUT2D eigenvalue weighted by molar-refractivity contribution is 0.0699. The van der Waals surface area contributed by atoms with Crippen LogP contribution in [0.2, 0.25) is 0 Å². The van der Waals surface area contributed by atoms with E-state index in [2.05, 4.69) is 9.82 Å². The van der Waals surface area contributed by atoms with E-state index >= 15 is 0 Å². The molecule has 2 rings (SSSR count). The van der Waals surface area contributed by atoms with Crippen molar-refractivity contribution in [2.75, 3.05) is 27.2 Å². The molecule has 0 bridgehead atoms. The van der Waals surface area contributed by atoms with Gasteiger partial charge in [-0.25, -0.2) is 17.9 Å². The van der Waals surface area contributed by atoms with Crippen molar-refractivity contribution in [3.63, 3.8) is 0 Å². The summed E-state index contributed by atoms with van der Waals surface area (Å²) >= 11 is 0. The molecule has 2 aromatic rings. The highest BCUT2D eigenvalue weighted by Gasteiger charge is 2.21. The fourth-order valence-electron chi connectivity index (χ4n) is 2.55. The highest BCUT2D eigenvalue weighted by atomic mass is 32.2. The normalized spacial score (nSPS) is 12.4. The zero-order valence-corrected chi connectivity index (χ0v) is 15.7. The molecule has 0 spiro atoms. The summed E-state index contributed by atoms with van der Waals surface area (Å²) in [4.78, 5) is 13.4. The van der Waals surface area contributed by atoms with Crippen molar-refractivity contribution in [3.05, 3.63) is 23.9 Å². The summed E-state index contributed by atoms with van der Waals surface area (Å²) in [6.45, 7) is 4.83. The fourth-order valence-corrected chi connectivity index (χ4v) is 3.67. The van der Waals surface area contributed by atoms with Crippen LogP contribution in [-0.2, 0) is 10.0 Å². The van der Waals surface area contributed by atoms with Crippen LogP contribution in [0.25, 0.3) is 10.9 Å². The maximum absolute atomic E-state index is 12.6. The van der Waals surface area contributed by atoms with Crippen molar-refractivity contribution < 1.29 is 18.3 Å². The summed E-state index contributed by atoms with van der Waals surface area (Å²) in [5.41, 5.74) is 0.418. The van der Waals surface area contributed by atoms with Gasteiger partial charge in [0.15, 0.2) is 0 Å². The summed E-state index contributed by atoms with van der Waals surface area (Å²) in [5, 5.41) is 14.1. The third-order valence-electron chi connectivity index (χ3n) is 3.79. The largest absolute Gasteiger partial charge is 0.478 e. The smallest absolute Gasteiger partial charge is 0.336 e. The van der Waals surface area contributed by atoms with Crippen molar-refractivity contribution in [2.24, 2.45) is 0 Å². The first kappa shape index (κ1) is 19.4. The number of carboxylic acids is 1. The van der Waals surface area contributed by atoms with Gasteiger partial charge in [0.25, 0.3) is 0 Å². The number of carboxylic acid groups (broad SMARTS) is 1. The number of nitrogens with zero attached hydrogens (tertiary/aromatic N) is 3. The first-order valence-electron chi connectivity index (χ1n) is 8.02. The van der Waals surface area contributed by atoms with E-state index in [0.29, 0.717) is 17.3 Å². The molecular weight excluding hydrogens is 344 g/mol. The Morgan fingerprint density at radius 3 is 2.60 bits per heavy atom. The molecule has 2 N–H and O–H groups in total. The van der Waals surface area contributed by atoms with Gasteiger partial charge in [-0.1, -0.05) is 0 Å². The molecule has 1 heterocycles. The van der Waals surface area contributed by atoms with Crippen LogP contribution in [0.15, 0.2) is 23.2 Å². The van der Waals surface area contributed by atoms with E-state index in [-0.39, 0.29) is 23.0 Å². The van der Waals surface area contributed by atoms with Gasteiger partial charge in [0.05, 0.1) is 22.2 Å². The number of rotatable bonds is 8. The SMILES string of the molecule is CC(C)n1ncc2c(C(=O)O)cc(S(=O)(=O)NCCCN(C)C)cc21. The standard InChI is InChI=1S/C16H24N4O4S/c1-11(2)20-15-9-12(8-13(16(21)22)14(15)10-17-20)25(23,24)18-6-5-7-19(3)4/h8-11,18H,5-7H2,1-4H3,(H,21,22). The Hall–Kier alpha value is -1.97. The molecule has 1 aromatic heterocycles. The molecule has 0 radical (unpaired) electrons. The van der Waals surface area contributed by atoms with Crippen molar-refractivity contribution in [2.45, 2.75) is 31.2 Å². The fraction of sp³-hybridized carbons (Fsp3) is 0.500. The van der Waals surface area contributed by atoms with E-state index < -0.39 is 16.0 Å². The second-order valence-corrected chi connectivity index (χ2v) is 8.21. The number of hydrogen-bond donors (Lipinski definition) is 2. The summed E-state index contributed by atoms with van der Waals surface area (Å²) in [6, 6.07) is 2.64. The number of benzene rings is 1. The first-order valence-corrected chi connectivity index (χ1v) is 9.50. The molecule has 25 heavy (non-hydrogen) atoms. The van der Waals surface area contributed by atoms with Crippen LogP contribution in [-0.4, -0.2) is 61.4 Å². The number of fused-ring (bicyclic) bond motifs is 1. The van der Waals surface area contributed by atoms with Crippen LogP contribution < -0.4 is 4.72 Å². The van der Waals surface area contributed by atoms with Gasteiger partial charge in [-0.3, -0.25) is 4.68 Å². The van der Waals surface area contributed by atoms with Crippen LogP contribution in [0.5, 0.6) is 0 Å². The van der Waals surface area contributed by atoms with E-state index in [1.165, 1.54) is 18.3 Å². The highest BCUT2D eigenvalue weighted by Crippen LogP contribution is 2.26. The molecule has 0 aliphatic heterocycles. The van der Waals surface area contributed by atoms with Gasteiger partial charge < -0.3 is 10.0 Å². The molecule has 1 aromatic carbocycles. The third kappa shape index (κ3) is 4.36. The zero-order chi connectivity index (χ0) is 18.8. The molecule has 138 valence electrons. The van der Waals surface area contributed by atoms with Gasteiger partial charge in [0.1, 0.15) is 0 Å². The Kier molecular flexibility index (Phi) is 5.81. The number of aromatic nitrogens is 2. The lowest BCUT2D eigenvalue weighted by atomic mass is 10.1. The molecule has 0 saturated carbocycles. The van der Waals surface area contributed by atoms with E-state index in [1.54, 1.807) is 4.68 Å². The minimum Gasteiger partial charge on any atom is -0.478 e. The van der Waals surface area contributed by atoms with E-state index in [4.69, 9.17) is 0 Å². The third-order valence-corrected chi connectivity index (χ3v) is 5.23. The quantitative estimate of drug-likeness (QED) is 0.685. The van der Waals surface area contributed by atoms with Crippen LogP contribution in [0.1, 0.15) is 36.7 Å². The molecule has 8 nitrogen and oxygen atoms in total. The predicted molar refractivity (Wildman–Crippen MR) is 95.4 cm³/mol. The number of aromatic carboxylic acids is 1. The minimum absolute atomic E-state index is 0.0230. The Balaban J connectivity index is 2.43. The summed E-state index contributed by atoms with van der Waals surface area (Å²) in [6.07, 6.45) is 2.11. The Morgan fingerprint density at radius 2 is 2.04 bits per heavy atom. The maximum Gasteiger partial charge on any atom is 0.336 e. The highest BCUT2D eigenvalue weighted by molar-refractivity contribution is 7.89. The lowest BCUT2D eigenvalue weighted by Crippen LogP contribution is -2.27. The molecule has 0 saturated heterocycles. The van der Waals surface area contributed by atoms with Crippen molar-refractivity contribution >= 4 is 26.9 Å². The van der Waals surface area contributed by atoms with Crippen LogP contribution in [0, 0.1) is 0 Å². The van der Waals surface area contributed by atoms with Crippen molar-refractivity contribution in [1.82, 2.24) is 19.4 Å². The topological polar surface area (TPSA) is 105 Å². The molecule has 0 unspecified atom stereocenters. The zero-order valence-electron chi connectivity index (χ0n) is 14.9. The minimum atomic E-state index is -3.80. The number of nitrogens with one attached hydrogen (secondary N) is 1. The second-order valence-electron chi connectivity index (χ2n) is 6.45. The van der Waals surface area contributed by atoms with E-state index in [1.807, 2.05) is 32.8 Å². The van der Waals surface area contributed by atoms with E-state index in [0.717, 1.165) is 6.54 Å². The average molecular weight is 368 g/mol. The van der Waals surface area contributed by atoms with Gasteiger partial charge >= 0.3 is 5.97 Å². The van der Waals surface area contributed by atoms with Gasteiger partial charge in [-0.15, -0.1) is 0 Å². The monoisotopic (exact) mass is 368 g/mol. The maximum atomic E-state index is 12.6. The van der Waals surface area contributed by atoms with Gasteiger partial charge in [-0.2, -0.15) is 5.10 Å². The number of carbonyl (C=O) groups is 1. The average Bonchev–Trinajstić information content (AvgIpc) is 2.94. The molecule has 0 atom stereocenters. The predicted octanol–water partition coefficient (Wildman–Crippen LogP) is 1.55. The van der Waals surface area contributed by atoms with Crippen LogP contribution in [0.4, 0.5) is 0 Å². The summed E-state index contributed by atoms with van der Waals surface area (Å²) in [7, 11) is 0.0237. The van der Waals surface area contributed by atoms with Crippen molar-refractivity contribution in [3.8, 4) is 0 Å². The van der Waals surface area contributed by atoms with Gasteiger partial charge in [0, 0.05) is 18.0 Å².